The third-order valence-electron chi connectivity index (χ3n) is 5.74. The van der Waals surface area contributed by atoms with Gasteiger partial charge in [0, 0.05) is 19.3 Å². The van der Waals surface area contributed by atoms with Crippen LogP contribution in [0.1, 0.15) is 57.4 Å². The van der Waals surface area contributed by atoms with Crippen molar-refractivity contribution in [2.75, 3.05) is 13.7 Å². The molecule has 1 fully saturated rings. The highest BCUT2D eigenvalue weighted by Crippen LogP contribution is 2.21. The van der Waals surface area contributed by atoms with E-state index in [9.17, 15) is 14.7 Å². The highest BCUT2D eigenvalue weighted by molar-refractivity contribution is 5.79. The number of esters is 1. The molecule has 1 heterocycles. The van der Waals surface area contributed by atoms with Crippen molar-refractivity contribution < 1.29 is 19.4 Å². The lowest BCUT2D eigenvalue weighted by Gasteiger charge is -2.21. The lowest BCUT2D eigenvalue weighted by Crippen LogP contribution is -2.32. The van der Waals surface area contributed by atoms with Crippen LogP contribution in [0.4, 0.5) is 0 Å². The standard InChI is InChI=1S/C26H35NO4/c1-21(11-10-14-22-12-6-5-7-13-22)24(28)18-16-23-17-19-25(29)27(23)20-9-4-3-8-15-26(30)31-2/h5-7,12-13,16,18,21,23-24,28H,3,8,10-11,14-15,17,19-20H2,1-2H3/t21-,23-,24-/m0/s1. The van der Waals surface area contributed by atoms with E-state index in [0.717, 1.165) is 25.7 Å². The highest BCUT2D eigenvalue weighted by Gasteiger charge is 2.28. The van der Waals surface area contributed by atoms with Crippen LogP contribution >= 0.6 is 0 Å². The molecule has 168 valence electrons. The molecule has 1 aromatic rings. The first-order valence-electron chi connectivity index (χ1n) is 11.2. The van der Waals surface area contributed by atoms with Gasteiger partial charge in [-0.25, -0.2) is 0 Å². The fourth-order valence-electron chi connectivity index (χ4n) is 3.69. The summed E-state index contributed by atoms with van der Waals surface area (Å²) in [4.78, 5) is 25.0. The molecular formula is C26H35NO4. The predicted octanol–water partition coefficient (Wildman–Crippen LogP) is 3.90. The summed E-state index contributed by atoms with van der Waals surface area (Å²) in [6, 6.07) is 10.4. The van der Waals surface area contributed by atoms with Gasteiger partial charge in [0.15, 0.2) is 0 Å². The van der Waals surface area contributed by atoms with E-state index in [0.29, 0.717) is 32.2 Å². The van der Waals surface area contributed by atoms with Gasteiger partial charge in [-0.15, -0.1) is 5.92 Å². The van der Waals surface area contributed by atoms with Crippen molar-refractivity contribution in [2.45, 2.75) is 70.4 Å². The van der Waals surface area contributed by atoms with Gasteiger partial charge in [-0.05, 0) is 43.6 Å². The molecular weight excluding hydrogens is 390 g/mol. The van der Waals surface area contributed by atoms with Crippen molar-refractivity contribution in [3.63, 3.8) is 0 Å². The first kappa shape index (κ1) is 24.7. The summed E-state index contributed by atoms with van der Waals surface area (Å²) >= 11 is 0. The summed E-state index contributed by atoms with van der Waals surface area (Å²) in [5.41, 5.74) is 1.33. The van der Waals surface area contributed by atoms with Crippen LogP contribution in [-0.4, -0.2) is 47.7 Å². The Morgan fingerprint density at radius 1 is 1.29 bits per heavy atom. The Bertz CT molecular complexity index is 778. The minimum absolute atomic E-state index is 0.0111. The molecule has 0 unspecified atom stereocenters. The van der Waals surface area contributed by atoms with Crippen LogP contribution in [0.3, 0.4) is 0 Å². The fraction of sp³-hybridized carbons (Fsp3) is 0.538. The fourth-order valence-corrected chi connectivity index (χ4v) is 3.69. The minimum atomic E-state index is -0.516. The number of carbonyl (C=O) groups excluding carboxylic acids is 2. The molecule has 0 radical (unpaired) electrons. The molecule has 0 aromatic heterocycles. The molecule has 5 nitrogen and oxygen atoms in total. The van der Waals surface area contributed by atoms with Crippen molar-refractivity contribution in [2.24, 2.45) is 5.92 Å². The molecule has 0 spiro atoms. The van der Waals surface area contributed by atoms with Crippen molar-refractivity contribution in [3.05, 3.63) is 48.0 Å². The number of rotatable bonds is 11. The number of carbonyl (C=O) groups is 2. The number of aliphatic hydroxyl groups is 1. The van der Waals surface area contributed by atoms with E-state index in [2.05, 4.69) is 47.8 Å². The number of methoxy groups -OCH3 is 1. The molecule has 1 amide bonds. The highest BCUT2D eigenvalue weighted by atomic mass is 16.5. The van der Waals surface area contributed by atoms with E-state index in [4.69, 9.17) is 0 Å². The summed E-state index contributed by atoms with van der Waals surface area (Å²) in [5.74, 6) is 6.11. The predicted molar refractivity (Wildman–Crippen MR) is 122 cm³/mol. The maximum absolute atomic E-state index is 12.2. The molecule has 1 saturated heterocycles. The van der Waals surface area contributed by atoms with Gasteiger partial charge >= 0.3 is 5.97 Å². The maximum atomic E-state index is 12.2. The number of aryl methyl sites for hydroxylation is 1. The molecule has 5 heteroatoms. The van der Waals surface area contributed by atoms with Crippen LogP contribution in [0.15, 0.2) is 42.5 Å². The van der Waals surface area contributed by atoms with Gasteiger partial charge in [0.05, 0.1) is 25.8 Å². The van der Waals surface area contributed by atoms with Gasteiger partial charge < -0.3 is 14.7 Å². The monoisotopic (exact) mass is 425 g/mol. The quantitative estimate of drug-likeness (QED) is 0.253. The summed E-state index contributed by atoms with van der Waals surface area (Å²) < 4.78 is 4.60. The van der Waals surface area contributed by atoms with Gasteiger partial charge in [-0.3, -0.25) is 9.59 Å². The topological polar surface area (TPSA) is 66.8 Å². The number of aliphatic hydroxyl groups excluding tert-OH is 1. The Morgan fingerprint density at radius 2 is 2.06 bits per heavy atom. The third-order valence-corrected chi connectivity index (χ3v) is 5.74. The average Bonchev–Trinajstić information content (AvgIpc) is 3.14. The smallest absolute Gasteiger partial charge is 0.305 e. The van der Waals surface area contributed by atoms with E-state index in [1.807, 2.05) is 18.2 Å². The maximum Gasteiger partial charge on any atom is 0.305 e. The third kappa shape index (κ3) is 8.98. The Kier molecular flexibility index (Phi) is 10.9. The largest absolute Gasteiger partial charge is 0.469 e. The number of hydrogen-bond acceptors (Lipinski definition) is 4. The van der Waals surface area contributed by atoms with Crippen LogP contribution in [0.25, 0.3) is 0 Å². The number of nitrogens with zero attached hydrogens (tertiary/aromatic N) is 1. The summed E-state index contributed by atoms with van der Waals surface area (Å²) in [5, 5.41) is 10.5. The van der Waals surface area contributed by atoms with E-state index >= 15 is 0 Å². The Balaban J connectivity index is 1.74. The molecule has 31 heavy (non-hydrogen) atoms. The zero-order chi connectivity index (χ0) is 22.5. The minimum Gasteiger partial charge on any atom is -0.469 e. The Hall–Kier alpha value is -2.58. The van der Waals surface area contributed by atoms with Gasteiger partial charge in [-0.2, -0.15) is 0 Å². The molecule has 0 saturated carbocycles. The van der Waals surface area contributed by atoms with Gasteiger partial charge in [0.2, 0.25) is 5.91 Å². The normalized spacial score (nSPS) is 18.0. The van der Waals surface area contributed by atoms with Crippen LogP contribution in [0.5, 0.6) is 0 Å². The second kappa shape index (κ2) is 13.7. The number of benzene rings is 1. The van der Waals surface area contributed by atoms with Crippen molar-refractivity contribution in [3.8, 4) is 11.8 Å². The second-order valence-electron chi connectivity index (χ2n) is 8.14. The zero-order valence-corrected chi connectivity index (χ0v) is 18.8. The Labute approximate surface area is 186 Å². The molecule has 3 atom stereocenters. The zero-order valence-electron chi connectivity index (χ0n) is 18.8. The van der Waals surface area contributed by atoms with Crippen LogP contribution < -0.4 is 0 Å². The van der Waals surface area contributed by atoms with Gasteiger partial charge in [-0.1, -0.05) is 55.3 Å². The Morgan fingerprint density at radius 3 is 2.81 bits per heavy atom. The average molecular weight is 426 g/mol. The van der Waals surface area contributed by atoms with E-state index in [-0.39, 0.29) is 23.8 Å². The van der Waals surface area contributed by atoms with E-state index < -0.39 is 6.10 Å². The van der Waals surface area contributed by atoms with E-state index in [1.165, 1.54) is 12.7 Å². The number of hydrogen-bond donors (Lipinski definition) is 1. The second-order valence-corrected chi connectivity index (χ2v) is 8.14. The molecule has 1 aliphatic heterocycles. The van der Waals surface area contributed by atoms with Crippen LogP contribution in [0, 0.1) is 17.8 Å². The van der Waals surface area contributed by atoms with Crippen LogP contribution in [-0.2, 0) is 20.7 Å². The van der Waals surface area contributed by atoms with Crippen molar-refractivity contribution in [1.82, 2.24) is 4.90 Å². The first-order valence-corrected chi connectivity index (χ1v) is 11.2. The van der Waals surface area contributed by atoms with Crippen molar-refractivity contribution in [1.29, 1.82) is 0 Å². The van der Waals surface area contributed by atoms with E-state index in [1.54, 1.807) is 4.90 Å². The lowest BCUT2D eigenvalue weighted by atomic mass is 9.95. The molecule has 0 aliphatic carbocycles. The van der Waals surface area contributed by atoms with Gasteiger partial charge in [0.25, 0.3) is 0 Å². The lowest BCUT2D eigenvalue weighted by molar-refractivity contribution is -0.140. The first-order chi connectivity index (χ1) is 15.0. The SMILES string of the molecule is COC(=O)CCCC#CCN1C(=O)CC[C@@H]1C=C[C@H](O)[C@@H](C)CCCc1ccccc1. The number of amides is 1. The molecule has 1 N–H and O–H groups in total. The van der Waals surface area contributed by atoms with Crippen molar-refractivity contribution >= 4 is 11.9 Å². The molecule has 1 aromatic carbocycles. The summed E-state index contributed by atoms with van der Waals surface area (Å²) in [6.45, 7) is 2.45. The number of ether oxygens (including phenoxy) is 1. The number of likely N-dealkylation sites (tertiary alicyclic amines) is 1. The number of unbranched alkanes of at least 4 members (excludes halogenated alkanes) is 1. The van der Waals surface area contributed by atoms with Gasteiger partial charge in [0.1, 0.15) is 0 Å². The molecule has 2 rings (SSSR count). The summed E-state index contributed by atoms with van der Waals surface area (Å²) in [6.07, 6.45) is 9.19. The molecule has 1 aliphatic rings. The molecule has 0 bridgehead atoms. The summed E-state index contributed by atoms with van der Waals surface area (Å²) in [7, 11) is 1.38. The van der Waals surface area contributed by atoms with Crippen LogP contribution in [0.2, 0.25) is 0 Å².